The Hall–Kier alpha value is -3.68. The van der Waals surface area contributed by atoms with E-state index in [9.17, 15) is 14.7 Å². The number of rotatable bonds is 4. The molecule has 1 unspecified atom stereocenters. The molecule has 1 aliphatic rings. The maximum absolute atomic E-state index is 12.3. The van der Waals surface area contributed by atoms with Gasteiger partial charge in [-0.1, -0.05) is 24.3 Å². The molecule has 0 aliphatic carbocycles. The molecule has 1 aromatic carbocycles. The molecule has 0 saturated carbocycles. The Balaban J connectivity index is 1.71. The second-order valence-corrected chi connectivity index (χ2v) is 6.87. The van der Waals surface area contributed by atoms with E-state index >= 15 is 0 Å². The summed E-state index contributed by atoms with van der Waals surface area (Å²) in [6, 6.07) is 12.6. The molecule has 1 fully saturated rings. The lowest BCUT2D eigenvalue weighted by Gasteiger charge is -2.33. The SMILES string of the molecule is O=c1[nH]c(=O)n(-c2ccccc2)c(O)c1/C=N/N1CCCCC1c1cccnc1. The average Bonchev–Trinajstić information content (AvgIpc) is 2.75. The van der Waals surface area contributed by atoms with Crippen molar-refractivity contribution in [1.82, 2.24) is 19.5 Å². The lowest BCUT2D eigenvalue weighted by Crippen LogP contribution is -2.32. The summed E-state index contributed by atoms with van der Waals surface area (Å²) >= 11 is 0. The van der Waals surface area contributed by atoms with Crippen LogP contribution in [0.3, 0.4) is 0 Å². The zero-order valence-electron chi connectivity index (χ0n) is 15.7. The van der Waals surface area contributed by atoms with Gasteiger partial charge in [0.15, 0.2) is 0 Å². The minimum Gasteiger partial charge on any atom is -0.493 e. The molecule has 29 heavy (non-hydrogen) atoms. The van der Waals surface area contributed by atoms with E-state index in [0.29, 0.717) is 5.69 Å². The third-order valence-electron chi connectivity index (χ3n) is 5.01. The molecule has 0 bridgehead atoms. The smallest absolute Gasteiger partial charge is 0.335 e. The summed E-state index contributed by atoms with van der Waals surface area (Å²) in [6.45, 7) is 0.729. The Kier molecular flexibility index (Phi) is 5.24. The van der Waals surface area contributed by atoms with E-state index in [-0.39, 0.29) is 11.6 Å². The third-order valence-corrected chi connectivity index (χ3v) is 5.01. The summed E-state index contributed by atoms with van der Waals surface area (Å²) in [5, 5.41) is 17.0. The van der Waals surface area contributed by atoms with Gasteiger partial charge in [0.25, 0.3) is 5.56 Å². The van der Waals surface area contributed by atoms with Gasteiger partial charge in [0.2, 0.25) is 5.88 Å². The van der Waals surface area contributed by atoms with Gasteiger partial charge in [-0.15, -0.1) is 0 Å². The minimum absolute atomic E-state index is 0.0509. The van der Waals surface area contributed by atoms with Crippen molar-refractivity contribution < 1.29 is 5.11 Å². The fraction of sp³-hybridized carbons (Fsp3) is 0.238. The second kappa shape index (κ2) is 8.14. The summed E-state index contributed by atoms with van der Waals surface area (Å²) < 4.78 is 1.05. The molecule has 8 heteroatoms. The number of aromatic amines is 1. The topological polar surface area (TPSA) is 104 Å². The molecule has 2 N–H and O–H groups in total. The summed E-state index contributed by atoms with van der Waals surface area (Å²) in [4.78, 5) is 31.0. The summed E-state index contributed by atoms with van der Waals surface area (Å²) in [5.41, 5.74) is 0.0493. The Morgan fingerprint density at radius 2 is 1.97 bits per heavy atom. The first kappa shape index (κ1) is 18.7. The van der Waals surface area contributed by atoms with E-state index in [0.717, 1.165) is 35.9 Å². The summed E-state index contributed by atoms with van der Waals surface area (Å²) in [7, 11) is 0. The fourth-order valence-electron chi connectivity index (χ4n) is 3.57. The molecular formula is C21H21N5O3. The molecule has 2 aromatic heterocycles. The molecule has 0 spiro atoms. The van der Waals surface area contributed by atoms with Gasteiger partial charge >= 0.3 is 5.69 Å². The molecule has 1 saturated heterocycles. The highest BCUT2D eigenvalue weighted by molar-refractivity contribution is 5.82. The highest BCUT2D eigenvalue weighted by atomic mass is 16.3. The molecular weight excluding hydrogens is 370 g/mol. The first-order valence-electron chi connectivity index (χ1n) is 9.49. The van der Waals surface area contributed by atoms with E-state index in [4.69, 9.17) is 0 Å². The van der Waals surface area contributed by atoms with Gasteiger partial charge in [-0.2, -0.15) is 5.10 Å². The van der Waals surface area contributed by atoms with Crippen LogP contribution in [0.25, 0.3) is 5.69 Å². The Morgan fingerprint density at radius 1 is 1.14 bits per heavy atom. The zero-order chi connectivity index (χ0) is 20.2. The van der Waals surface area contributed by atoms with E-state index in [1.54, 1.807) is 36.5 Å². The molecule has 3 aromatic rings. The Morgan fingerprint density at radius 3 is 2.72 bits per heavy atom. The molecule has 0 radical (unpaired) electrons. The van der Waals surface area contributed by atoms with Crippen molar-refractivity contribution in [2.45, 2.75) is 25.3 Å². The number of aromatic nitrogens is 3. The first-order chi connectivity index (χ1) is 14.1. The van der Waals surface area contributed by atoms with Crippen LogP contribution in [0.5, 0.6) is 5.88 Å². The summed E-state index contributed by atoms with van der Waals surface area (Å²) in [5.74, 6) is -0.441. The molecule has 0 amide bonds. The van der Waals surface area contributed by atoms with Crippen molar-refractivity contribution in [3.8, 4) is 11.6 Å². The Bertz CT molecular complexity index is 1120. The van der Waals surface area contributed by atoms with E-state index < -0.39 is 17.1 Å². The normalized spacial score (nSPS) is 17.0. The van der Waals surface area contributed by atoms with E-state index in [1.807, 2.05) is 23.3 Å². The van der Waals surface area contributed by atoms with E-state index in [2.05, 4.69) is 15.1 Å². The van der Waals surface area contributed by atoms with Crippen molar-refractivity contribution >= 4 is 6.21 Å². The van der Waals surface area contributed by atoms with Crippen LogP contribution in [-0.2, 0) is 0 Å². The monoisotopic (exact) mass is 391 g/mol. The van der Waals surface area contributed by atoms with Crippen LogP contribution in [-0.4, -0.2) is 37.4 Å². The number of hydrogen-bond acceptors (Lipinski definition) is 6. The number of benzene rings is 1. The van der Waals surface area contributed by atoms with Gasteiger partial charge in [-0.05, 0) is 43.0 Å². The van der Waals surface area contributed by atoms with Crippen LogP contribution in [0.1, 0.15) is 36.4 Å². The molecule has 1 atom stereocenters. The van der Waals surface area contributed by atoms with Crippen LogP contribution in [0.15, 0.2) is 69.5 Å². The second-order valence-electron chi connectivity index (χ2n) is 6.87. The number of aromatic hydroxyl groups is 1. The molecule has 4 rings (SSSR count). The quantitative estimate of drug-likeness (QED) is 0.664. The van der Waals surface area contributed by atoms with Crippen LogP contribution < -0.4 is 11.2 Å². The van der Waals surface area contributed by atoms with Crippen molar-refractivity contribution in [3.63, 3.8) is 0 Å². The number of para-hydroxylation sites is 1. The highest BCUT2D eigenvalue weighted by Gasteiger charge is 2.23. The lowest BCUT2D eigenvalue weighted by molar-refractivity contribution is 0.156. The van der Waals surface area contributed by atoms with Gasteiger partial charge < -0.3 is 5.11 Å². The largest absolute Gasteiger partial charge is 0.493 e. The van der Waals surface area contributed by atoms with Gasteiger partial charge in [0.05, 0.1) is 17.9 Å². The van der Waals surface area contributed by atoms with Gasteiger partial charge in [-0.25, -0.2) is 9.36 Å². The van der Waals surface area contributed by atoms with Crippen LogP contribution in [0, 0.1) is 0 Å². The Labute approximate surface area is 166 Å². The number of pyridine rings is 1. The number of hydrogen-bond donors (Lipinski definition) is 2. The van der Waals surface area contributed by atoms with Crippen LogP contribution in [0.4, 0.5) is 0 Å². The average molecular weight is 391 g/mol. The van der Waals surface area contributed by atoms with Crippen molar-refractivity contribution in [2.24, 2.45) is 5.10 Å². The fourth-order valence-corrected chi connectivity index (χ4v) is 3.57. The number of nitrogens with zero attached hydrogens (tertiary/aromatic N) is 4. The van der Waals surface area contributed by atoms with Crippen molar-refractivity contribution in [2.75, 3.05) is 6.54 Å². The summed E-state index contributed by atoms with van der Waals surface area (Å²) in [6.07, 6.45) is 7.86. The van der Waals surface area contributed by atoms with Gasteiger partial charge in [0, 0.05) is 18.9 Å². The van der Waals surface area contributed by atoms with Crippen molar-refractivity contribution in [3.05, 3.63) is 86.8 Å². The standard InChI is InChI=1S/C21H21N5O3/c27-19-17(20(28)26(21(29)24-19)16-8-2-1-3-9-16)14-23-25-12-5-4-10-18(25)15-7-6-11-22-13-15/h1-3,6-9,11,13-14,18,28H,4-5,10,12H2,(H,24,27,29)/b23-14+. The lowest BCUT2D eigenvalue weighted by atomic mass is 9.98. The number of H-pyrrole nitrogens is 1. The number of nitrogens with one attached hydrogen (secondary N) is 1. The van der Waals surface area contributed by atoms with Gasteiger partial charge in [0.1, 0.15) is 5.56 Å². The maximum atomic E-state index is 12.3. The third kappa shape index (κ3) is 3.82. The number of hydrazone groups is 1. The zero-order valence-corrected chi connectivity index (χ0v) is 15.7. The predicted molar refractivity (Wildman–Crippen MR) is 109 cm³/mol. The predicted octanol–water partition coefficient (Wildman–Crippen LogP) is 2.19. The van der Waals surface area contributed by atoms with Crippen LogP contribution in [0.2, 0.25) is 0 Å². The highest BCUT2D eigenvalue weighted by Crippen LogP contribution is 2.30. The van der Waals surface area contributed by atoms with Gasteiger partial charge in [-0.3, -0.25) is 19.8 Å². The van der Waals surface area contributed by atoms with E-state index in [1.165, 1.54) is 6.21 Å². The number of piperidine rings is 1. The molecule has 1 aliphatic heterocycles. The minimum atomic E-state index is -0.706. The molecule has 8 nitrogen and oxygen atoms in total. The maximum Gasteiger partial charge on any atom is 0.335 e. The van der Waals surface area contributed by atoms with Crippen LogP contribution >= 0.6 is 0 Å². The van der Waals surface area contributed by atoms with Crippen molar-refractivity contribution in [1.29, 1.82) is 0 Å². The molecule has 148 valence electrons. The molecule has 3 heterocycles. The first-order valence-corrected chi connectivity index (χ1v) is 9.49.